The quantitative estimate of drug-likeness (QED) is 0.792. The largest absolute Gasteiger partial charge is 0.497 e. The van der Waals surface area contributed by atoms with Gasteiger partial charge in [0, 0.05) is 38.2 Å². The molecule has 0 radical (unpaired) electrons. The summed E-state index contributed by atoms with van der Waals surface area (Å²) in [7, 11) is 1.57. The third kappa shape index (κ3) is 4.65. The minimum atomic E-state index is -0.907. The highest BCUT2D eigenvalue weighted by Gasteiger charge is 2.24. The van der Waals surface area contributed by atoms with Crippen molar-refractivity contribution in [3.05, 3.63) is 65.2 Å². The van der Waals surface area contributed by atoms with E-state index in [0.717, 1.165) is 12.1 Å². The third-order valence-corrected chi connectivity index (χ3v) is 4.87. The Balaban J connectivity index is 1.49. The van der Waals surface area contributed by atoms with Gasteiger partial charge in [-0.25, -0.2) is 8.78 Å². The third-order valence-electron chi connectivity index (χ3n) is 4.87. The summed E-state index contributed by atoms with van der Waals surface area (Å²) in [5.41, 5.74) is 1.17. The number of aryl methyl sites for hydroxylation is 1. The fraction of sp³-hybridized carbons (Fsp3) is 0.333. The Morgan fingerprint density at radius 2 is 1.57 bits per heavy atom. The van der Waals surface area contributed by atoms with Crippen molar-refractivity contribution < 1.29 is 23.1 Å². The van der Waals surface area contributed by atoms with Crippen LogP contribution in [0.15, 0.2) is 42.5 Å². The van der Waals surface area contributed by atoms with Crippen molar-refractivity contribution in [2.45, 2.75) is 12.8 Å². The molecule has 2 amide bonds. The fourth-order valence-corrected chi connectivity index (χ4v) is 3.18. The molecule has 1 saturated heterocycles. The van der Waals surface area contributed by atoms with Crippen molar-refractivity contribution in [1.29, 1.82) is 0 Å². The topological polar surface area (TPSA) is 49.9 Å². The first-order valence-electron chi connectivity index (χ1n) is 9.13. The summed E-state index contributed by atoms with van der Waals surface area (Å²) in [4.78, 5) is 28.4. The molecule has 0 bridgehead atoms. The van der Waals surface area contributed by atoms with Crippen molar-refractivity contribution in [2.75, 3.05) is 33.3 Å². The van der Waals surface area contributed by atoms with Crippen molar-refractivity contribution >= 4 is 11.8 Å². The van der Waals surface area contributed by atoms with E-state index in [1.54, 1.807) is 41.2 Å². The van der Waals surface area contributed by atoms with Gasteiger partial charge in [0.25, 0.3) is 5.91 Å². The number of halogens is 2. The monoisotopic (exact) mass is 388 g/mol. The molecule has 5 nitrogen and oxygen atoms in total. The SMILES string of the molecule is COc1ccc(C(=O)N2CCN(C(=O)CCc3ccc(F)c(F)c3)CC2)cc1. The van der Waals surface area contributed by atoms with Crippen LogP contribution < -0.4 is 4.74 Å². The molecule has 0 spiro atoms. The van der Waals surface area contributed by atoms with Crippen molar-refractivity contribution in [3.63, 3.8) is 0 Å². The van der Waals surface area contributed by atoms with Gasteiger partial charge < -0.3 is 14.5 Å². The molecule has 2 aromatic carbocycles. The van der Waals surface area contributed by atoms with Gasteiger partial charge in [-0.05, 0) is 48.4 Å². The van der Waals surface area contributed by atoms with Crippen LogP contribution in [0.3, 0.4) is 0 Å². The number of nitrogens with zero attached hydrogens (tertiary/aromatic N) is 2. The van der Waals surface area contributed by atoms with Crippen LogP contribution in [0.4, 0.5) is 8.78 Å². The van der Waals surface area contributed by atoms with Gasteiger partial charge in [-0.3, -0.25) is 9.59 Å². The molecule has 0 aromatic heterocycles. The van der Waals surface area contributed by atoms with Crippen LogP contribution >= 0.6 is 0 Å². The zero-order valence-electron chi connectivity index (χ0n) is 15.7. The predicted molar refractivity (Wildman–Crippen MR) is 100 cm³/mol. The van der Waals surface area contributed by atoms with Gasteiger partial charge in [0.1, 0.15) is 5.75 Å². The molecule has 148 valence electrons. The van der Waals surface area contributed by atoms with Crippen LogP contribution in [0.2, 0.25) is 0 Å². The number of methoxy groups -OCH3 is 1. The molecule has 28 heavy (non-hydrogen) atoms. The molecule has 1 aliphatic heterocycles. The molecule has 0 N–H and O–H groups in total. The summed E-state index contributed by atoms with van der Waals surface area (Å²) in [6, 6.07) is 10.6. The van der Waals surface area contributed by atoms with Gasteiger partial charge in [0.15, 0.2) is 11.6 Å². The lowest BCUT2D eigenvalue weighted by atomic mass is 10.1. The molecular weight excluding hydrogens is 366 g/mol. The number of hydrogen-bond donors (Lipinski definition) is 0. The Hall–Kier alpha value is -2.96. The highest BCUT2D eigenvalue weighted by molar-refractivity contribution is 5.94. The summed E-state index contributed by atoms with van der Waals surface area (Å²) >= 11 is 0. The number of hydrogen-bond acceptors (Lipinski definition) is 3. The van der Waals surface area contributed by atoms with Crippen LogP contribution in [0.1, 0.15) is 22.3 Å². The second kappa shape index (κ2) is 8.82. The predicted octanol–water partition coefficient (Wildman–Crippen LogP) is 2.89. The smallest absolute Gasteiger partial charge is 0.253 e. The van der Waals surface area contributed by atoms with E-state index in [0.29, 0.717) is 49.5 Å². The molecular formula is C21H22F2N2O3. The Kier molecular flexibility index (Phi) is 6.23. The van der Waals surface area contributed by atoms with Crippen molar-refractivity contribution in [3.8, 4) is 5.75 Å². The van der Waals surface area contributed by atoms with Gasteiger partial charge >= 0.3 is 0 Å². The van der Waals surface area contributed by atoms with Crippen LogP contribution in [0.5, 0.6) is 5.75 Å². The van der Waals surface area contributed by atoms with Crippen LogP contribution in [0, 0.1) is 11.6 Å². The van der Waals surface area contributed by atoms with Crippen LogP contribution in [0.25, 0.3) is 0 Å². The first-order chi connectivity index (χ1) is 13.5. The summed E-state index contributed by atoms with van der Waals surface area (Å²) in [5.74, 6) is -1.24. The van der Waals surface area contributed by atoms with Gasteiger partial charge in [-0.1, -0.05) is 6.07 Å². The molecule has 0 atom stereocenters. The van der Waals surface area contributed by atoms with Gasteiger partial charge in [0.05, 0.1) is 7.11 Å². The van der Waals surface area contributed by atoms with E-state index in [-0.39, 0.29) is 18.2 Å². The number of amides is 2. The molecule has 7 heteroatoms. The molecule has 1 aliphatic rings. The van der Waals surface area contributed by atoms with E-state index in [4.69, 9.17) is 4.74 Å². The Morgan fingerprint density at radius 1 is 0.929 bits per heavy atom. The lowest BCUT2D eigenvalue weighted by molar-refractivity contribution is -0.132. The molecule has 1 fully saturated rings. The number of carbonyl (C=O) groups is 2. The molecule has 0 unspecified atom stereocenters. The van der Waals surface area contributed by atoms with E-state index in [1.165, 1.54) is 6.07 Å². The maximum atomic E-state index is 13.2. The lowest BCUT2D eigenvalue weighted by Crippen LogP contribution is -2.50. The summed E-state index contributed by atoms with van der Waals surface area (Å²) < 4.78 is 31.3. The highest BCUT2D eigenvalue weighted by atomic mass is 19.2. The maximum absolute atomic E-state index is 13.2. The number of ether oxygens (including phenoxy) is 1. The molecule has 0 saturated carbocycles. The fourth-order valence-electron chi connectivity index (χ4n) is 3.18. The minimum absolute atomic E-state index is 0.0544. The second-order valence-electron chi connectivity index (χ2n) is 6.65. The summed E-state index contributed by atoms with van der Waals surface area (Å²) in [6.07, 6.45) is 0.568. The number of benzene rings is 2. The first-order valence-corrected chi connectivity index (χ1v) is 9.13. The second-order valence-corrected chi connectivity index (χ2v) is 6.65. The minimum Gasteiger partial charge on any atom is -0.497 e. The average Bonchev–Trinajstić information content (AvgIpc) is 2.74. The standard InChI is InChI=1S/C21H22F2N2O3/c1-28-17-6-4-16(5-7-17)21(27)25-12-10-24(11-13-25)20(26)9-3-15-2-8-18(22)19(23)14-15/h2,4-8,14H,3,9-13H2,1H3. The average molecular weight is 388 g/mol. The van der Waals surface area contributed by atoms with Crippen molar-refractivity contribution in [2.24, 2.45) is 0 Å². The lowest BCUT2D eigenvalue weighted by Gasteiger charge is -2.35. The normalized spacial score (nSPS) is 14.1. The number of rotatable bonds is 5. The van der Waals surface area contributed by atoms with Gasteiger partial charge in [-0.2, -0.15) is 0 Å². The van der Waals surface area contributed by atoms with Crippen LogP contribution in [-0.2, 0) is 11.2 Å². The maximum Gasteiger partial charge on any atom is 0.253 e. The Labute approximate surface area is 162 Å². The summed E-state index contributed by atoms with van der Waals surface area (Å²) in [6.45, 7) is 1.83. The first kappa shape index (κ1) is 19.8. The Bertz CT molecular complexity index is 847. The van der Waals surface area contributed by atoms with Crippen molar-refractivity contribution in [1.82, 2.24) is 9.80 Å². The van der Waals surface area contributed by atoms with E-state index in [9.17, 15) is 18.4 Å². The molecule has 3 rings (SSSR count). The Morgan fingerprint density at radius 3 is 2.18 bits per heavy atom. The molecule has 0 aliphatic carbocycles. The van der Waals surface area contributed by atoms with E-state index < -0.39 is 11.6 Å². The molecule has 1 heterocycles. The van der Waals surface area contributed by atoms with E-state index >= 15 is 0 Å². The van der Waals surface area contributed by atoms with Gasteiger partial charge in [0.2, 0.25) is 5.91 Å². The highest BCUT2D eigenvalue weighted by Crippen LogP contribution is 2.15. The van der Waals surface area contributed by atoms with Crippen LogP contribution in [-0.4, -0.2) is 54.9 Å². The zero-order valence-corrected chi connectivity index (χ0v) is 15.7. The molecule has 2 aromatic rings. The summed E-state index contributed by atoms with van der Waals surface area (Å²) in [5, 5.41) is 0. The van der Waals surface area contributed by atoms with Gasteiger partial charge in [-0.15, -0.1) is 0 Å². The zero-order chi connectivity index (χ0) is 20.1. The number of carbonyl (C=O) groups excluding carboxylic acids is 2. The van der Waals surface area contributed by atoms with E-state index in [1.807, 2.05) is 0 Å². The number of piperazine rings is 1. The van der Waals surface area contributed by atoms with E-state index in [2.05, 4.69) is 0 Å².